The number of hydrogen-bond acceptors (Lipinski definition) is 6. The van der Waals surface area contributed by atoms with Crippen LogP contribution in [0.2, 0.25) is 0 Å². The van der Waals surface area contributed by atoms with E-state index < -0.39 is 0 Å². The maximum atomic E-state index is 11.8. The van der Waals surface area contributed by atoms with Crippen molar-refractivity contribution in [2.45, 2.75) is 45.2 Å². The molecule has 2 heterocycles. The first-order chi connectivity index (χ1) is 9.78. The van der Waals surface area contributed by atoms with Gasteiger partial charge in [0.05, 0.1) is 25.1 Å². The van der Waals surface area contributed by atoms with Gasteiger partial charge in [-0.05, 0) is 49.6 Å². The number of ether oxygens (including phenoxy) is 1. The monoisotopic (exact) mass is 279 g/mol. The Kier molecular flexibility index (Phi) is 3.95. The number of aromatic nitrogens is 4. The topological polar surface area (TPSA) is 73.1 Å². The Morgan fingerprint density at radius 2 is 2.25 bits per heavy atom. The van der Waals surface area contributed by atoms with Gasteiger partial charge in [-0.1, -0.05) is 0 Å². The number of carbonyl (C=O) groups excluding carboxylic acids is 1. The highest BCUT2D eigenvalue weighted by molar-refractivity contribution is 5.72. The predicted octanol–water partition coefficient (Wildman–Crippen LogP) is 0.783. The highest BCUT2D eigenvalue weighted by Gasteiger charge is 2.31. The summed E-state index contributed by atoms with van der Waals surface area (Å²) >= 11 is 0. The Morgan fingerprint density at radius 1 is 1.40 bits per heavy atom. The molecule has 0 aromatic carbocycles. The van der Waals surface area contributed by atoms with E-state index >= 15 is 0 Å². The number of nitrogens with zero attached hydrogens (tertiary/aromatic N) is 5. The van der Waals surface area contributed by atoms with E-state index in [0.29, 0.717) is 12.6 Å². The minimum atomic E-state index is -0.0704. The molecule has 0 unspecified atom stereocenters. The fourth-order valence-electron chi connectivity index (χ4n) is 2.77. The third-order valence-electron chi connectivity index (χ3n) is 3.94. The fourth-order valence-corrected chi connectivity index (χ4v) is 2.77. The van der Waals surface area contributed by atoms with E-state index in [1.165, 1.54) is 12.8 Å². The summed E-state index contributed by atoms with van der Waals surface area (Å²) in [4.78, 5) is 14.1. The zero-order chi connectivity index (χ0) is 13.9. The first kappa shape index (κ1) is 13.5. The van der Waals surface area contributed by atoms with E-state index in [-0.39, 0.29) is 11.9 Å². The Bertz CT molecular complexity index is 471. The molecule has 1 saturated carbocycles. The van der Waals surface area contributed by atoms with Crippen LogP contribution in [-0.4, -0.2) is 50.8 Å². The second-order valence-electron chi connectivity index (χ2n) is 5.60. The summed E-state index contributed by atoms with van der Waals surface area (Å²) < 4.78 is 7.06. The second-order valence-corrected chi connectivity index (χ2v) is 5.60. The normalized spacial score (nSPS) is 23.8. The number of piperidine rings is 1. The van der Waals surface area contributed by atoms with Crippen LogP contribution in [0, 0.1) is 5.92 Å². The molecule has 7 nitrogen and oxygen atoms in total. The molecule has 0 bridgehead atoms. The van der Waals surface area contributed by atoms with Crippen LogP contribution in [0.3, 0.4) is 0 Å². The zero-order valence-electron chi connectivity index (χ0n) is 11.9. The van der Waals surface area contributed by atoms with E-state index in [2.05, 4.69) is 20.4 Å². The summed E-state index contributed by atoms with van der Waals surface area (Å²) in [6.07, 6.45) is 4.28. The van der Waals surface area contributed by atoms with Gasteiger partial charge in [0, 0.05) is 6.54 Å². The van der Waals surface area contributed by atoms with E-state index in [0.717, 1.165) is 38.3 Å². The van der Waals surface area contributed by atoms with Crippen molar-refractivity contribution in [2.75, 3.05) is 19.7 Å². The molecule has 0 N–H and O–H groups in total. The molecule has 20 heavy (non-hydrogen) atoms. The number of tetrazole rings is 1. The summed E-state index contributed by atoms with van der Waals surface area (Å²) in [5, 5.41) is 12.0. The Morgan fingerprint density at radius 3 is 3.00 bits per heavy atom. The summed E-state index contributed by atoms with van der Waals surface area (Å²) in [7, 11) is 0. The molecule has 3 rings (SSSR count). The molecule has 1 aromatic rings. The maximum Gasteiger partial charge on any atom is 0.310 e. The third-order valence-corrected chi connectivity index (χ3v) is 3.94. The van der Waals surface area contributed by atoms with Gasteiger partial charge in [-0.3, -0.25) is 9.69 Å². The average molecular weight is 279 g/mol. The van der Waals surface area contributed by atoms with E-state index in [4.69, 9.17) is 4.74 Å². The van der Waals surface area contributed by atoms with Gasteiger partial charge in [0.15, 0.2) is 5.82 Å². The summed E-state index contributed by atoms with van der Waals surface area (Å²) in [6, 6.07) is 0.491. The summed E-state index contributed by atoms with van der Waals surface area (Å²) in [6.45, 7) is 4.76. The van der Waals surface area contributed by atoms with Crippen LogP contribution in [0.15, 0.2) is 0 Å². The fraction of sp³-hybridized carbons (Fsp3) is 0.846. The number of esters is 1. The van der Waals surface area contributed by atoms with Crippen molar-refractivity contribution in [1.29, 1.82) is 0 Å². The molecule has 1 aliphatic carbocycles. The summed E-state index contributed by atoms with van der Waals surface area (Å²) in [5.74, 6) is 0.838. The number of likely N-dealkylation sites (tertiary alicyclic amines) is 1. The van der Waals surface area contributed by atoms with Crippen LogP contribution < -0.4 is 0 Å². The van der Waals surface area contributed by atoms with Gasteiger partial charge in [0.2, 0.25) is 0 Å². The van der Waals surface area contributed by atoms with E-state index in [1.807, 2.05) is 11.6 Å². The van der Waals surface area contributed by atoms with Crippen molar-refractivity contribution >= 4 is 5.97 Å². The van der Waals surface area contributed by atoms with Crippen LogP contribution in [0.25, 0.3) is 0 Å². The van der Waals surface area contributed by atoms with Crippen LogP contribution in [0.4, 0.5) is 0 Å². The van der Waals surface area contributed by atoms with Gasteiger partial charge < -0.3 is 4.74 Å². The van der Waals surface area contributed by atoms with E-state index in [1.54, 1.807) is 0 Å². The molecular weight excluding hydrogens is 258 g/mol. The zero-order valence-corrected chi connectivity index (χ0v) is 11.9. The SMILES string of the molecule is CCOC(=O)[C@H]1CCCN(Cc2nnnn2C2CC2)C1. The van der Waals surface area contributed by atoms with Crippen molar-refractivity contribution in [1.82, 2.24) is 25.1 Å². The molecule has 110 valence electrons. The lowest BCUT2D eigenvalue weighted by molar-refractivity contribution is -0.150. The van der Waals surface area contributed by atoms with Crippen molar-refractivity contribution in [2.24, 2.45) is 5.92 Å². The number of carbonyl (C=O) groups is 1. The number of rotatable bonds is 5. The third kappa shape index (κ3) is 2.98. The van der Waals surface area contributed by atoms with Crippen molar-refractivity contribution in [3.8, 4) is 0 Å². The van der Waals surface area contributed by atoms with Crippen LogP contribution >= 0.6 is 0 Å². The predicted molar refractivity (Wildman–Crippen MR) is 70.7 cm³/mol. The second kappa shape index (κ2) is 5.87. The van der Waals surface area contributed by atoms with Gasteiger partial charge in [-0.25, -0.2) is 4.68 Å². The Labute approximate surface area is 118 Å². The smallest absolute Gasteiger partial charge is 0.310 e. The first-order valence-electron chi connectivity index (χ1n) is 7.43. The standard InChI is InChI=1S/C13H21N5O2/c1-2-20-13(19)10-4-3-7-17(8-10)9-12-14-15-16-18(12)11-5-6-11/h10-11H,2-9H2,1H3/t10-/m0/s1. The molecule has 1 aliphatic heterocycles. The molecule has 0 spiro atoms. The quantitative estimate of drug-likeness (QED) is 0.742. The van der Waals surface area contributed by atoms with Crippen molar-refractivity contribution in [3.63, 3.8) is 0 Å². The van der Waals surface area contributed by atoms with Crippen LogP contribution in [0.1, 0.15) is 44.5 Å². The number of hydrogen-bond donors (Lipinski definition) is 0. The lowest BCUT2D eigenvalue weighted by Gasteiger charge is -2.30. The first-order valence-corrected chi connectivity index (χ1v) is 7.43. The minimum absolute atomic E-state index is 0.00560. The van der Waals surface area contributed by atoms with Crippen molar-refractivity contribution in [3.05, 3.63) is 5.82 Å². The highest BCUT2D eigenvalue weighted by Crippen LogP contribution is 2.34. The average Bonchev–Trinajstić information content (AvgIpc) is 3.20. The van der Waals surface area contributed by atoms with Crippen LogP contribution in [-0.2, 0) is 16.1 Å². The lowest BCUT2D eigenvalue weighted by atomic mass is 9.98. The molecular formula is C13H21N5O2. The largest absolute Gasteiger partial charge is 0.466 e. The van der Waals surface area contributed by atoms with Crippen molar-refractivity contribution < 1.29 is 9.53 Å². The van der Waals surface area contributed by atoms with Gasteiger partial charge in [-0.15, -0.1) is 5.10 Å². The van der Waals surface area contributed by atoms with Gasteiger partial charge in [-0.2, -0.15) is 0 Å². The van der Waals surface area contributed by atoms with Gasteiger partial charge >= 0.3 is 5.97 Å². The maximum absolute atomic E-state index is 11.8. The lowest BCUT2D eigenvalue weighted by Crippen LogP contribution is -2.39. The Balaban J connectivity index is 1.59. The summed E-state index contributed by atoms with van der Waals surface area (Å²) in [5.41, 5.74) is 0. The van der Waals surface area contributed by atoms with E-state index in [9.17, 15) is 4.79 Å². The molecule has 0 amide bonds. The molecule has 1 saturated heterocycles. The molecule has 7 heteroatoms. The molecule has 1 aromatic heterocycles. The van der Waals surface area contributed by atoms with Gasteiger partial charge in [0.25, 0.3) is 0 Å². The Hall–Kier alpha value is -1.50. The minimum Gasteiger partial charge on any atom is -0.466 e. The molecule has 2 fully saturated rings. The van der Waals surface area contributed by atoms with Crippen LogP contribution in [0.5, 0.6) is 0 Å². The molecule has 0 radical (unpaired) electrons. The van der Waals surface area contributed by atoms with Gasteiger partial charge in [0.1, 0.15) is 0 Å². The highest BCUT2D eigenvalue weighted by atomic mass is 16.5. The molecule has 1 atom stereocenters. The molecule has 2 aliphatic rings.